The summed E-state index contributed by atoms with van der Waals surface area (Å²) in [6.07, 6.45) is 1.49. The van der Waals surface area contributed by atoms with Gasteiger partial charge in [-0.2, -0.15) is 0 Å². The Morgan fingerprint density at radius 1 is 1.03 bits per heavy atom. The van der Waals surface area contributed by atoms with Gasteiger partial charge in [-0.05, 0) is 79.1 Å². The molecule has 0 spiro atoms. The van der Waals surface area contributed by atoms with Crippen LogP contribution in [0.3, 0.4) is 0 Å². The second-order valence-corrected chi connectivity index (χ2v) is 9.46. The fraction of sp³-hybridized carbons (Fsp3) is 0.174. The van der Waals surface area contributed by atoms with Crippen molar-refractivity contribution in [2.45, 2.75) is 17.7 Å². The highest BCUT2D eigenvalue weighted by Gasteiger charge is 2.29. The molecule has 1 aliphatic rings. The molecule has 0 saturated carbocycles. The molecule has 0 aromatic heterocycles. The summed E-state index contributed by atoms with van der Waals surface area (Å²) in [7, 11) is -2.22. The summed E-state index contributed by atoms with van der Waals surface area (Å²) in [5.41, 5.74) is 2.49. The second-order valence-electron chi connectivity index (χ2n) is 7.16. The number of amides is 1. The Hall–Kier alpha value is -3.03. The van der Waals surface area contributed by atoms with Gasteiger partial charge in [-0.1, -0.05) is 17.7 Å². The third-order valence-corrected chi connectivity index (χ3v) is 7.25. The first-order valence-corrected chi connectivity index (χ1v) is 11.6. The summed E-state index contributed by atoms with van der Waals surface area (Å²) in [6.45, 7) is 0.371. The average molecular weight is 457 g/mol. The molecule has 3 aromatic carbocycles. The monoisotopic (exact) mass is 456 g/mol. The van der Waals surface area contributed by atoms with Crippen LogP contribution in [0.2, 0.25) is 5.02 Å². The van der Waals surface area contributed by atoms with Crippen LogP contribution in [0.5, 0.6) is 5.75 Å². The Morgan fingerprint density at radius 2 is 1.74 bits per heavy atom. The molecular weight excluding hydrogens is 436 g/mol. The molecule has 8 heteroatoms. The summed E-state index contributed by atoms with van der Waals surface area (Å²) >= 11 is 5.88. The normalized spacial score (nSPS) is 13.4. The topological polar surface area (TPSA) is 75.7 Å². The number of sulfonamides is 1. The number of ether oxygens (including phenoxy) is 1. The lowest BCUT2D eigenvalue weighted by atomic mass is 10.0. The molecule has 0 saturated heterocycles. The fourth-order valence-corrected chi connectivity index (χ4v) is 5.21. The maximum atomic E-state index is 13.3. The molecule has 3 aromatic rings. The van der Waals surface area contributed by atoms with Crippen LogP contribution in [0.4, 0.5) is 11.4 Å². The van der Waals surface area contributed by atoms with Crippen LogP contribution in [0.15, 0.2) is 71.6 Å². The first-order chi connectivity index (χ1) is 14.9. The van der Waals surface area contributed by atoms with Crippen molar-refractivity contribution in [3.63, 3.8) is 0 Å². The molecule has 4 rings (SSSR count). The van der Waals surface area contributed by atoms with E-state index in [2.05, 4.69) is 5.32 Å². The summed E-state index contributed by atoms with van der Waals surface area (Å²) < 4.78 is 33.2. The van der Waals surface area contributed by atoms with Gasteiger partial charge in [-0.15, -0.1) is 0 Å². The van der Waals surface area contributed by atoms with Gasteiger partial charge in [0.15, 0.2) is 0 Å². The number of hydrogen-bond donors (Lipinski definition) is 1. The van der Waals surface area contributed by atoms with Crippen molar-refractivity contribution in [3.8, 4) is 5.75 Å². The third kappa shape index (κ3) is 4.38. The average Bonchev–Trinajstić information content (AvgIpc) is 2.79. The molecule has 0 atom stereocenters. The number of benzene rings is 3. The van der Waals surface area contributed by atoms with Crippen molar-refractivity contribution in [1.82, 2.24) is 0 Å². The van der Waals surface area contributed by atoms with Gasteiger partial charge in [0.2, 0.25) is 0 Å². The summed E-state index contributed by atoms with van der Waals surface area (Å²) in [6, 6.07) is 18.2. The predicted molar refractivity (Wildman–Crippen MR) is 122 cm³/mol. The zero-order valence-electron chi connectivity index (χ0n) is 16.8. The number of halogens is 1. The van der Waals surface area contributed by atoms with Crippen LogP contribution in [0.25, 0.3) is 0 Å². The molecule has 1 heterocycles. The number of hydrogen-bond acceptors (Lipinski definition) is 4. The van der Waals surface area contributed by atoms with E-state index in [1.54, 1.807) is 48.5 Å². The molecule has 31 heavy (non-hydrogen) atoms. The minimum absolute atomic E-state index is 0.191. The lowest BCUT2D eigenvalue weighted by Gasteiger charge is -2.31. The minimum Gasteiger partial charge on any atom is -0.497 e. The number of methoxy groups -OCH3 is 1. The predicted octanol–water partition coefficient (Wildman–Crippen LogP) is 4.74. The van der Waals surface area contributed by atoms with Crippen LogP contribution < -0.4 is 14.4 Å². The van der Waals surface area contributed by atoms with Gasteiger partial charge in [0.1, 0.15) is 5.75 Å². The quantitative estimate of drug-likeness (QED) is 0.601. The van der Waals surface area contributed by atoms with E-state index < -0.39 is 10.0 Å². The van der Waals surface area contributed by atoms with E-state index in [4.69, 9.17) is 16.3 Å². The molecule has 1 amide bonds. The lowest BCUT2D eigenvalue weighted by molar-refractivity contribution is 0.102. The third-order valence-electron chi connectivity index (χ3n) is 5.17. The van der Waals surface area contributed by atoms with E-state index in [-0.39, 0.29) is 10.8 Å². The summed E-state index contributed by atoms with van der Waals surface area (Å²) in [5, 5.41) is 3.38. The van der Waals surface area contributed by atoms with Crippen molar-refractivity contribution in [1.29, 1.82) is 0 Å². The van der Waals surface area contributed by atoms with Gasteiger partial charge in [0, 0.05) is 22.8 Å². The molecule has 0 bridgehead atoms. The van der Waals surface area contributed by atoms with Gasteiger partial charge >= 0.3 is 0 Å². The number of nitrogens with zero attached hydrogens (tertiary/aromatic N) is 1. The number of carbonyl (C=O) groups is 1. The first-order valence-electron chi connectivity index (χ1n) is 9.75. The molecule has 0 aliphatic carbocycles. The van der Waals surface area contributed by atoms with E-state index in [0.717, 1.165) is 18.4 Å². The number of anilines is 2. The second kappa shape index (κ2) is 8.61. The number of nitrogens with one attached hydrogen (secondary N) is 1. The van der Waals surface area contributed by atoms with E-state index in [1.807, 2.05) is 6.07 Å². The maximum Gasteiger partial charge on any atom is 0.264 e. The smallest absolute Gasteiger partial charge is 0.264 e. The Morgan fingerprint density at radius 3 is 2.42 bits per heavy atom. The molecule has 0 radical (unpaired) electrons. The van der Waals surface area contributed by atoms with Gasteiger partial charge < -0.3 is 10.1 Å². The number of rotatable bonds is 5. The van der Waals surface area contributed by atoms with E-state index in [1.165, 1.54) is 23.5 Å². The molecule has 0 unspecified atom stereocenters. The fourth-order valence-electron chi connectivity index (χ4n) is 3.55. The van der Waals surface area contributed by atoms with Crippen molar-refractivity contribution in [2.24, 2.45) is 0 Å². The van der Waals surface area contributed by atoms with Crippen molar-refractivity contribution in [2.75, 3.05) is 23.3 Å². The number of fused-ring (bicyclic) bond motifs is 1. The van der Waals surface area contributed by atoms with Crippen molar-refractivity contribution >= 4 is 38.9 Å². The number of aryl methyl sites for hydroxylation is 1. The highest BCUT2D eigenvalue weighted by Crippen LogP contribution is 2.34. The van der Waals surface area contributed by atoms with Gasteiger partial charge in [0.05, 0.1) is 17.7 Å². The minimum atomic E-state index is -3.75. The van der Waals surface area contributed by atoms with Crippen molar-refractivity contribution < 1.29 is 17.9 Å². The lowest BCUT2D eigenvalue weighted by Crippen LogP contribution is -2.35. The Bertz CT molecular complexity index is 1210. The van der Waals surface area contributed by atoms with Crippen LogP contribution in [-0.4, -0.2) is 28.0 Å². The van der Waals surface area contributed by atoms with Gasteiger partial charge in [0.25, 0.3) is 15.9 Å². The number of carbonyl (C=O) groups excluding carboxylic acids is 1. The van der Waals surface area contributed by atoms with Gasteiger partial charge in [-0.25, -0.2) is 8.42 Å². The van der Waals surface area contributed by atoms with Gasteiger partial charge in [-0.3, -0.25) is 9.10 Å². The highest BCUT2D eigenvalue weighted by molar-refractivity contribution is 7.92. The maximum absolute atomic E-state index is 13.3. The Balaban J connectivity index is 1.64. The van der Waals surface area contributed by atoms with Crippen LogP contribution in [-0.2, 0) is 16.4 Å². The largest absolute Gasteiger partial charge is 0.497 e. The highest BCUT2D eigenvalue weighted by atomic mass is 35.5. The summed E-state index contributed by atoms with van der Waals surface area (Å²) in [4.78, 5) is 12.7. The molecule has 1 N–H and O–H groups in total. The first kappa shape index (κ1) is 21.2. The standard InChI is InChI=1S/C23H21ClN2O4S/c1-30-20-10-12-21(13-11-20)31(28,29)26-14-2-3-16-6-9-19(15-22(16)26)25-23(27)17-4-7-18(24)8-5-17/h4-13,15H,2-3,14H2,1H3,(H,25,27). The van der Waals surface area contributed by atoms with E-state index >= 15 is 0 Å². The Labute approximate surface area is 186 Å². The molecule has 1 aliphatic heterocycles. The van der Waals surface area contributed by atoms with Crippen LogP contribution >= 0.6 is 11.6 Å². The summed E-state index contributed by atoms with van der Waals surface area (Å²) in [5.74, 6) is 0.294. The van der Waals surface area contributed by atoms with Crippen molar-refractivity contribution in [3.05, 3.63) is 82.9 Å². The molecule has 160 valence electrons. The Kier molecular flexibility index (Phi) is 5.89. The molecular formula is C23H21ClN2O4S. The van der Waals surface area contributed by atoms with E-state index in [9.17, 15) is 13.2 Å². The SMILES string of the molecule is COc1ccc(S(=O)(=O)N2CCCc3ccc(NC(=O)c4ccc(Cl)cc4)cc32)cc1. The van der Waals surface area contributed by atoms with Crippen LogP contribution in [0.1, 0.15) is 22.3 Å². The van der Waals surface area contributed by atoms with Crippen LogP contribution in [0, 0.1) is 0 Å². The van der Waals surface area contributed by atoms with E-state index in [0.29, 0.717) is 34.3 Å². The molecule has 6 nitrogen and oxygen atoms in total. The zero-order chi connectivity index (χ0) is 22.0. The zero-order valence-corrected chi connectivity index (χ0v) is 18.4. The molecule has 0 fully saturated rings.